The zero-order chi connectivity index (χ0) is 20.7. The Morgan fingerprint density at radius 1 is 1.48 bits per heavy atom. The van der Waals surface area contributed by atoms with E-state index in [4.69, 9.17) is 0 Å². The number of fused-ring (bicyclic) bond motifs is 1. The number of amides is 2. The lowest BCUT2D eigenvalue weighted by atomic mass is 9.96. The standard InChI is InChI=1S/C20H23FN6O2/c1-4-15(28)27-7-5-6-14(11(27)2)24-19-17(21)13-9-22-20(29)16(13)18(25-19)12-8-23-26(3)10-12/h4,8,10-11,14H,1,5-7,9H2,2-3H3,(H,22,29)(H,24,25). The number of anilines is 1. The van der Waals surface area contributed by atoms with Crippen LogP contribution in [-0.4, -0.2) is 50.1 Å². The van der Waals surface area contributed by atoms with Gasteiger partial charge in [0, 0.05) is 49.5 Å². The monoisotopic (exact) mass is 398 g/mol. The molecule has 9 heteroatoms. The summed E-state index contributed by atoms with van der Waals surface area (Å²) in [6, 6.07) is -0.315. The molecule has 8 nitrogen and oxygen atoms in total. The fourth-order valence-corrected chi connectivity index (χ4v) is 4.07. The van der Waals surface area contributed by atoms with Crippen molar-refractivity contribution in [3.05, 3.63) is 42.0 Å². The van der Waals surface area contributed by atoms with E-state index < -0.39 is 5.82 Å². The van der Waals surface area contributed by atoms with Crippen molar-refractivity contribution >= 4 is 17.6 Å². The van der Waals surface area contributed by atoms with E-state index in [-0.39, 0.29) is 41.8 Å². The molecule has 0 saturated carbocycles. The van der Waals surface area contributed by atoms with Gasteiger partial charge in [-0.05, 0) is 25.8 Å². The van der Waals surface area contributed by atoms with Gasteiger partial charge in [-0.25, -0.2) is 9.37 Å². The highest BCUT2D eigenvalue weighted by Gasteiger charge is 2.34. The van der Waals surface area contributed by atoms with E-state index in [0.717, 1.165) is 12.8 Å². The molecule has 1 saturated heterocycles. The van der Waals surface area contributed by atoms with E-state index in [0.29, 0.717) is 23.4 Å². The average molecular weight is 398 g/mol. The molecule has 0 bridgehead atoms. The van der Waals surface area contributed by atoms with Crippen LogP contribution in [-0.2, 0) is 18.4 Å². The smallest absolute Gasteiger partial charge is 0.254 e. The highest BCUT2D eigenvalue weighted by Crippen LogP contribution is 2.33. The van der Waals surface area contributed by atoms with Gasteiger partial charge in [0.15, 0.2) is 11.6 Å². The average Bonchev–Trinajstić information content (AvgIpc) is 3.31. The van der Waals surface area contributed by atoms with Crippen molar-refractivity contribution in [1.82, 2.24) is 25.0 Å². The van der Waals surface area contributed by atoms with Crippen LogP contribution < -0.4 is 10.6 Å². The number of pyridine rings is 1. The maximum atomic E-state index is 15.2. The highest BCUT2D eigenvalue weighted by molar-refractivity contribution is 6.04. The van der Waals surface area contributed by atoms with Crippen molar-refractivity contribution in [2.75, 3.05) is 11.9 Å². The fraction of sp³-hybridized carbons (Fsp3) is 0.400. The van der Waals surface area contributed by atoms with E-state index >= 15 is 4.39 Å². The van der Waals surface area contributed by atoms with Gasteiger partial charge in [-0.2, -0.15) is 5.10 Å². The van der Waals surface area contributed by atoms with Gasteiger partial charge in [-0.3, -0.25) is 14.3 Å². The normalized spacial score (nSPS) is 20.9. The lowest BCUT2D eigenvalue weighted by molar-refractivity contribution is -0.129. The topological polar surface area (TPSA) is 92.2 Å². The third-order valence-electron chi connectivity index (χ3n) is 5.63. The van der Waals surface area contributed by atoms with Crippen LogP contribution in [0.25, 0.3) is 11.3 Å². The van der Waals surface area contributed by atoms with Crippen molar-refractivity contribution in [2.24, 2.45) is 7.05 Å². The molecular weight excluding hydrogens is 375 g/mol. The second kappa shape index (κ2) is 7.31. The molecule has 2 amide bonds. The number of carbonyl (C=O) groups excluding carboxylic acids is 2. The Morgan fingerprint density at radius 3 is 2.97 bits per heavy atom. The van der Waals surface area contributed by atoms with Gasteiger partial charge in [0.25, 0.3) is 5.91 Å². The summed E-state index contributed by atoms with van der Waals surface area (Å²) in [5.74, 6) is -0.933. The number of hydrogen-bond acceptors (Lipinski definition) is 5. The first-order valence-corrected chi connectivity index (χ1v) is 9.60. The Morgan fingerprint density at radius 2 is 2.28 bits per heavy atom. The maximum absolute atomic E-state index is 15.2. The van der Waals surface area contributed by atoms with E-state index in [9.17, 15) is 9.59 Å². The zero-order valence-electron chi connectivity index (χ0n) is 16.4. The Balaban J connectivity index is 1.72. The van der Waals surface area contributed by atoms with Crippen LogP contribution in [0.1, 0.15) is 35.7 Å². The molecule has 2 N–H and O–H groups in total. The number of nitrogens with one attached hydrogen (secondary N) is 2. The molecular formula is C20H23FN6O2. The second-order valence-electron chi connectivity index (χ2n) is 7.43. The molecule has 0 aromatic carbocycles. The number of likely N-dealkylation sites (tertiary alicyclic amines) is 1. The van der Waals surface area contributed by atoms with Crippen molar-refractivity contribution in [1.29, 1.82) is 0 Å². The Labute approximate surface area is 167 Å². The summed E-state index contributed by atoms with van der Waals surface area (Å²) in [6.45, 7) is 6.24. The minimum atomic E-state index is -0.537. The number of aromatic nitrogens is 3. The summed E-state index contributed by atoms with van der Waals surface area (Å²) in [7, 11) is 1.77. The van der Waals surface area contributed by atoms with Gasteiger partial charge >= 0.3 is 0 Å². The SMILES string of the molecule is C=CC(=O)N1CCCC(Nc2nc(-c3cnn(C)c3)c3c(c2F)CNC3=O)C1C. The maximum Gasteiger partial charge on any atom is 0.254 e. The summed E-state index contributed by atoms with van der Waals surface area (Å²) in [4.78, 5) is 30.6. The molecule has 2 aromatic heterocycles. The predicted octanol–water partition coefficient (Wildman–Crippen LogP) is 1.84. The Hall–Kier alpha value is -3.23. The molecule has 1 fully saturated rings. The number of carbonyl (C=O) groups is 2. The predicted molar refractivity (Wildman–Crippen MR) is 106 cm³/mol. The first-order chi connectivity index (χ1) is 13.9. The molecule has 2 aliphatic rings. The Bertz CT molecular complexity index is 1000. The van der Waals surface area contributed by atoms with Crippen LogP contribution in [0.15, 0.2) is 25.0 Å². The van der Waals surface area contributed by atoms with Crippen LogP contribution in [0.2, 0.25) is 0 Å². The van der Waals surface area contributed by atoms with Crippen molar-refractivity contribution in [3.63, 3.8) is 0 Å². The van der Waals surface area contributed by atoms with Gasteiger partial charge in [0.05, 0.1) is 17.5 Å². The molecule has 29 heavy (non-hydrogen) atoms. The van der Waals surface area contributed by atoms with Gasteiger partial charge in [-0.1, -0.05) is 6.58 Å². The number of aryl methyl sites for hydroxylation is 1. The quantitative estimate of drug-likeness (QED) is 0.767. The molecule has 4 heterocycles. The molecule has 0 radical (unpaired) electrons. The number of hydrogen-bond donors (Lipinski definition) is 2. The van der Waals surface area contributed by atoms with Crippen molar-refractivity contribution in [2.45, 2.75) is 38.4 Å². The first kappa shape index (κ1) is 19.1. The van der Waals surface area contributed by atoms with E-state index in [2.05, 4.69) is 27.3 Å². The molecule has 2 aromatic rings. The molecule has 152 valence electrons. The molecule has 2 aliphatic heterocycles. The largest absolute Gasteiger partial charge is 0.363 e. The third kappa shape index (κ3) is 3.26. The van der Waals surface area contributed by atoms with Crippen LogP contribution >= 0.6 is 0 Å². The zero-order valence-corrected chi connectivity index (χ0v) is 16.4. The van der Waals surface area contributed by atoms with E-state index in [1.807, 2.05) is 6.92 Å². The van der Waals surface area contributed by atoms with Crippen LogP contribution in [0, 0.1) is 5.82 Å². The number of nitrogens with zero attached hydrogens (tertiary/aromatic N) is 4. The van der Waals surface area contributed by atoms with Crippen LogP contribution in [0.4, 0.5) is 10.2 Å². The summed E-state index contributed by atoms with van der Waals surface area (Å²) in [5.41, 5.74) is 1.59. The van der Waals surface area contributed by atoms with Gasteiger partial charge in [-0.15, -0.1) is 0 Å². The lowest BCUT2D eigenvalue weighted by Crippen LogP contribution is -2.51. The van der Waals surface area contributed by atoms with E-state index in [1.54, 1.807) is 29.0 Å². The Kier molecular flexibility index (Phi) is 4.81. The van der Waals surface area contributed by atoms with Crippen molar-refractivity contribution < 1.29 is 14.0 Å². The second-order valence-corrected chi connectivity index (χ2v) is 7.43. The number of halogens is 1. The van der Waals surface area contributed by atoms with Crippen LogP contribution in [0.3, 0.4) is 0 Å². The molecule has 4 rings (SSSR count). The fourth-order valence-electron chi connectivity index (χ4n) is 4.07. The van der Waals surface area contributed by atoms with Crippen LogP contribution in [0.5, 0.6) is 0 Å². The molecule has 2 unspecified atom stereocenters. The number of rotatable bonds is 4. The number of piperidine rings is 1. The molecule has 2 atom stereocenters. The summed E-state index contributed by atoms with van der Waals surface area (Å²) < 4.78 is 16.8. The lowest BCUT2D eigenvalue weighted by Gasteiger charge is -2.39. The minimum absolute atomic E-state index is 0.0869. The van der Waals surface area contributed by atoms with Gasteiger partial charge in [0.2, 0.25) is 5.91 Å². The molecule has 0 spiro atoms. The summed E-state index contributed by atoms with van der Waals surface area (Å²) in [6.07, 6.45) is 6.21. The van der Waals surface area contributed by atoms with E-state index in [1.165, 1.54) is 6.08 Å². The minimum Gasteiger partial charge on any atom is -0.363 e. The summed E-state index contributed by atoms with van der Waals surface area (Å²) >= 11 is 0. The third-order valence-corrected chi connectivity index (χ3v) is 5.63. The molecule has 0 aliphatic carbocycles. The van der Waals surface area contributed by atoms with Gasteiger partial charge < -0.3 is 15.5 Å². The van der Waals surface area contributed by atoms with Crippen molar-refractivity contribution in [3.8, 4) is 11.3 Å². The summed E-state index contributed by atoms with van der Waals surface area (Å²) in [5, 5.41) is 10.0. The van der Waals surface area contributed by atoms with Gasteiger partial charge in [0.1, 0.15) is 0 Å². The highest BCUT2D eigenvalue weighted by atomic mass is 19.1. The first-order valence-electron chi connectivity index (χ1n) is 9.60.